The molecule has 0 aliphatic heterocycles. The van der Waals surface area contributed by atoms with Gasteiger partial charge in [0.05, 0.1) is 25.2 Å². The lowest BCUT2D eigenvalue weighted by molar-refractivity contribution is -0.137. The van der Waals surface area contributed by atoms with Gasteiger partial charge in [0.2, 0.25) is 5.88 Å². The van der Waals surface area contributed by atoms with Gasteiger partial charge in [-0.05, 0) is 30.9 Å². The number of rotatable bonds is 6. The molecule has 1 aromatic rings. The monoisotopic (exact) mass is 268 g/mol. The van der Waals surface area contributed by atoms with Gasteiger partial charge in [-0.25, -0.2) is 4.98 Å². The van der Waals surface area contributed by atoms with Crippen molar-refractivity contribution in [2.75, 3.05) is 25.2 Å². The number of thioether (sulfide) groups is 1. The number of methoxy groups -OCH3 is 1. The van der Waals surface area contributed by atoms with Crippen molar-refractivity contribution < 1.29 is 14.3 Å². The Balaban J connectivity index is 1.93. The molecule has 1 aromatic heterocycles. The number of carbonyl (C=O) groups is 1. The third-order valence-corrected chi connectivity index (χ3v) is 3.49. The van der Waals surface area contributed by atoms with Crippen molar-refractivity contribution in [2.24, 2.45) is 5.92 Å². The molecule has 0 bridgehead atoms. The van der Waals surface area contributed by atoms with Crippen LogP contribution in [0.15, 0.2) is 17.2 Å². The number of aromatic nitrogens is 1. The molecule has 0 spiro atoms. The van der Waals surface area contributed by atoms with E-state index < -0.39 is 0 Å². The van der Waals surface area contributed by atoms with Gasteiger partial charge in [0.1, 0.15) is 5.03 Å². The van der Waals surface area contributed by atoms with Crippen LogP contribution in [0, 0.1) is 5.92 Å². The Morgan fingerprint density at radius 3 is 3.00 bits per heavy atom. The molecule has 1 aliphatic rings. The van der Waals surface area contributed by atoms with Crippen LogP contribution >= 0.6 is 11.8 Å². The van der Waals surface area contributed by atoms with E-state index in [0.717, 1.165) is 0 Å². The van der Waals surface area contributed by atoms with Crippen LogP contribution < -0.4 is 10.5 Å². The number of nitrogens with zero attached hydrogens (tertiary/aromatic N) is 1. The fourth-order valence-electron chi connectivity index (χ4n) is 1.30. The van der Waals surface area contributed by atoms with Crippen molar-refractivity contribution in [1.82, 2.24) is 4.98 Å². The largest absolute Gasteiger partial charge is 0.476 e. The topological polar surface area (TPSA) is 74.4 Å². The molecule has 5 nitrogen and oxygen atoms in total. The van der Waals surface area contributed by atoms with E-state index in [2.05, 4.69) is 9.72 Å². The number of pyridine rings is 1. The lowest BCUT2D eigenvalue weighted by Crippen LogP contribution is -2.05. The number of ether oxygens (including phenoxy) is 2. The summed E-state index contributed by atoms with van der Waals surface area (Å²) in [6, 6.07) is 3.52. The SMILES string of the molecule is COC(=O)CSc1ccc(N)c(OCC2CC2)n1. The molecule has 6 heteroatoms. The molecule has 0 saturated heterocycles. The van der Waals surface area contributed by atoms with Gasteiger partial charge in [0.15, 0.2) is 0 Å². The number of nitrogen functional groups attached to an aromatic ring is 1. The first kappa shape index (κ1) is 13.0. The highest BCUT2D eigenvalue weighted by Gasteiger charge is 2.22. The minimum absolute atomic E-state index is 0.232. The Morgan fingerprint density at radius 1 is 1.56 bits per heavy atom. The maximum absolute atomic E-state index is 11.0. The summed E-state index contributed by atoms with van der Waals surface area (Å²) in [5.41, 5.74) is 6.32. The summed E-state index contributed by atoms with van der Waals surface area (Å²) in [7, 11) is 1.36. The van der Waals surface area contributed by atoms with Crippen LogP contribution in [-0.4, -0.2) is 30.4 Å². The van der Waals surface area contributed by atoms with E-state index in [1.807, 2.05) is 0 Å². The van der Waals surface area contributed by atoms with Crippen molar-refractivity contribution in [3.63, 3.8) is 0 Å². The average molecular weight is 268 g/mol. The lowest BCUT2D eigenvalue weighted by atomic mass is 10.4. The summed E-state index contributed by atoms with van der Waals surface area (Å²) in [6.07, 6.45) is 2.44. The standard InChI is InChI=1S/C12H16N2O3S/c1-16-11(15)7-18-10-5-4-9(13)12(14-10)17-6-8-2-3-8/h4-5,8H,2-3,6-7,13H2,1H3. The minimum atomic E-state index is -0.279. The first-order chi connectivity index (χ1) is 8.69. The Kier molecular flexibility index (Phi) is 4.30. The number of hydrogen-bond acceptors (Lipinski definition) is 6. The van der Waals surface area contributed by atoms with Gasteiger partial charge >= 0.3 is 5.97 Å². The predicted octanol–water partition coefficient (Wildman–Crippen LogP) is 1.72. The second kappa shape index (κ2) is 5.95. The molecule has 1 saturated carbocycles. The molecular weight excluding hydrogens is 252 g/mol. The van der Waals surface area contributed by atoms with E-state index in [-0.39, 0.29) is 11.7 Å². The number of hydrogen-bond donors (Lipinski definition) is 1. The first-order valence-electron chi connectivity index (χ1n) is 5.78. The summed E-state index contributed by atoms with van der Waals surface area (Å²) in [4.78, 5) is 15.3. The first-order valence-corrected chi connectivity index (χ1v) is 6.76. The van der Waals surface area contributed by atoms with Gasteiger partial charge in [-0.1, -0.05) is 11.8 Å². The fourth-order valence-corrected chi connectivity index (χ4v) is 2.00. The van der Waals surface area contributed by atoms with Gasteiger partial charge in [-0.3, -0.25) is 4.79 Å². The van der Waals surface area contributed by atoms with Crippen LogP contribution in [0.2, 0.25) is 0 Å². The zero-order valence-electron chi connectivity index (χ0n) is 10.2. The molecule has 1 heterocycles. The van der Waals surface area contributed by atoms with Gasteiger partial charge < -0.3 is 15.2 Å². The molecule has 0 aromatic carbocycles. The Labute approximate surface area is 110 Å². The van der Waals surface area contributed by atoms with Crippen molar-refractivity contribution in [2.45, 2.75) is 17.9 Å². The van der Waals surface area contributed by atoms with Crippen LogP contribution in [0.25, 0.3) is 0 Å². The van der Waals surface area contributed by atoms with E-state index in [9.17, 15) is 4.79 Å². The van der Waals surface area contributed by atoms with Crippen molar-refractivity contribution in [3.8, 4) is 5.88 Å². The molecule has 2 N–H and O–H groups in total. The van der Waals surface area contributed by atoms with E-state index >= 15 is 0 Å². The molecule has 0 radical (unpaired) electrons. The van der Waals surface area contributed by atoms with Gasteiger partial charge in [0, 0.05) is 0 Å². The summed E-state index contributed by atoms with van der Waals surface area (Å²) >= 11 is 1.30. The minimum Gasteiger partial charge on any atom is -0.476 e. The molecule has 0 unspecified atom stereocenters. The summed E-state index contributed by atoms with van der Waals surface area (Å²) in [5.74, 6) is 1.06. The van der Waals surface area contributed by atoms with Gasteiger partial charge in [0.25, 0.3) is 0 Å². The number of esters is 1. The average Bonchev–Trinajstić information content (AvgIpc) is 3.19. The molecule has 1 aliphatic carbocycles. The highest BCUT2D eigenvalue weighted by atomic mass is 32.2. The predicted molar refractivity (Wildman–Crippen MR) is 69.6 cm³/mol. The molecule has 98 valence electrons. The smallest absolute Gasteiger partial charge is 0.316 e. The Morgan fingerprint density at radius 2 is 2.33 bits per heavy atom. The third kappa shape index (κ3) is 3.80. The van der Waals surface area contributed by atoms with Crippen LogP contribution in [0.1, 0.15) is 12.8 Å². The van der Waals surface area contributed by atoms with Crippen molar-refractivity contribution in [3.05, 3.63) is 12.1 Å². The Hall–Kier alpha value is -1.43. The van der Waals surface area contributed by atoms with Gasteiger partial charge in [-0.2, -0.15) is 0 Å². The quantitative estimate of drug-likeness (QED) is 0.625. The van der Waals surface area contributed by atoms with Crippen molar-refractivity contribution >= 4 is 23.4 Å². The van der Waals surface area contributed by atoms with E-state index in [1.54, 1.807) is 12.1 Å². The summed E-state index contributed by atoms with van der Waals surface area (Å²) in [6.45, 7) is 0.669. The van der Waals surface area contributed by atoms with Crippen molar-refractivity contribution in [1.29, 1.82) is 0 Å². The summed E-state index contributed by atoms with van der Waals surface area (Å²) < 4.78 is 10.1. The maximum Gasteiger partial charge on any atom is 0.316 e. The van der Waals surface area contributed by atoms with Gasteiger partial charge in [-0.15, -0.1) is 0 Å². The van der Waals surface area contributed by atoms with E-state index in [1.165, 1.54) is 31.7 Å². The Bertz CT molecular complexity index is 435. The number of nitrogens with two attached hydrogens (primary N) is 1. The molecule has 0 atom stereocenters. The summed E-state index contributed by atoms with van der Waals surface area (Å²) in [5, 5.41) is 0.709. The molecule has 18 heavy (non-hydrogen) atoms. The molecular formula is C12H16N2O3S. The van der Waals surface area contributed by atoms with Crippen LogP contribution in [-0.2, 0) is 9.53 Å². The second-order valence-electron chi connectivity index (χ2n) is 4.16. The number of anilines is 1. The third-order valence-electron chi connectivity index (χ3n) is 2.58. The van der Waals surface area contributed by atoms with Crippen LogP contribution in [0.3, 0.4) is 0 Å². The normalized spacial score (nSPS) is 14.3. The second-order valence-corrected chi connectivity index (χ2v) is 5.16. The maximum atomic E-state index is 11.0. The molecule has 0 amide bonds. The fraction of sp³-hybridized carbons (Fsp3) is 0.500. The zero-order valence-corrected chi connectivity index (χ0v) is 11.0. The van der Waals surface area contributed by atoms with Crippen LogP contribution in [0.4, 0.5) is 5.69 Å². The van der Waals surface area contributed by atoms with E-state index in [0.29, 0.717) is 29.1 Å². The molecule has 2 rings (SSSR count). The zero-order chi connectivity index (χ0) is 13.0. The molecule has 1 fully saturated rings. The van der Waals surface area contributed by atoms with Crippen LogP contribution in [0.5, 0.6) is 5.88 Å². The lowest BCUT2D eigenvalue weighted by Gasteiger charge is -2.08. The van der Waals surface area contributed by atoms with E-state index in [4.69, 9.17) is 10.5 Å². The highest BCUT2D eigenvalue weighted by Crippen LogP contribution is 2.31. The number of carbonyl (C=O) groups excluding carboxylic acids is 1. The highest BCUT2D eigenvalue weighted by molar-refractivity contribution is 7.99.